The summed E-state index contributed by atoms with van der Waals surface area (Å²) in [6.07, 6.45) is 3.86. The predicted molar refractivity (Wildman–Crippen MR) is 92.8 cm³/mol. The van der Waals surface area contributed by atoms with Gasteiger partial charge in [0.05, 0.1) is 13.0 Å². The molecule has 2 heterocycles. The molecule has 0 unspecified atom stereocenters. The average molecular weight is 343 g/mol. The van der Waals surface area contributed by atoms with E-state index in [4.69, 9.17) is 0 Å². The van der Waals surface area contributed by atoms with Crippen LogP contribution in [0.5, 0.6) is 0 Å². The Kier molecular flexibility index (Phi) is 5.48. The fourth-order valence-electron chi connectivity index (χ4n) is 3.55. The van der Waals surface area contributed by atoms with Crippen LogP contribution in [0.4, 0.5) is 0 Å². The number of benzene rings is 1. The summed E-state index contributed by atoms with van der Waals surface area (Å²) in [5.41, 5.74) is 2.29. The second-order valence-electron chi connectivity index (χ2n) is 7.04. The van der Waals surface area contributed by atoms with E-state index in [1.165, 1.54) is 5.56 Å². The van der Waals surface area contributed by atoms with Crippen LogP contribution in [-0.4, -0.2) is 45.9 Å². The van der Waals surface area contributed by atoms with Gasteiger partial charge in [0.1, 0.15) is 11.4 Å². The molecule has 6 nitrogen and oxygen atoms in total. The molecule has 25 heavy (non-hydrogen) atoms. The normalized spacial score (nSPS) is 20.6. The molecule has 2 aromatic rings. The minimum Gasteiger partial charge on any atom is -0.396 e. The zero-order valence-electron chi connectivity index (χ0n) is 14.6. The Labute approximate surface area is 147 Å². The van der Waals surface area contributed by atoms with Gasteiger partial charge in [0.25, 0.3) is 0 Å². The van der Waals surface area contributed by atoms with Crippen LogP contribution >= 0.6 is 0 Å². The molecule has 6 heteroatoms. The SMILES string of the molecule is Cc1nonc1CC(=O)N1CCC[C@@](CO)(CCc2ccccc2)C1. The summed E-state index contributed by atoms with van der Waals surface area (Å²) in [4.78, 5) is 14.5. The lowest BCUT2D eigenvalue weighted by molar-refractivity contribution is -0.135. The van der Waals surface area contributed by atoms with Crippen LogP contribution in [0.25, 0.3) is 0 Å². The van der Waals surface area contributed by atoms with Crippen LogP contribution in [-0.2, 0) is 17.6 Å². The number of aryl methyl sites for hydroxylation is 2. The first-order valence-electron chi connectivity index (χ1n) is 8.82. The molecule has 0 aliphatic carbocycles. The number of hydrogen-bond acceptors (Lipinski definition) is 5. The van der Waals surface area contributed by atoms with Crippen LogP contribution in [0.2, 0.25) is 0 Å². The van der Waals surface area contributed by atoms with Crippen molar-refractivity contribution in [2.45, 2.75) is 39.0 Å². The van der Waals surface area contributed by atoms with E-state index in [1.54, 1.807) is 6.92 Å². The number of aromatic nitrogens is 2. The van der Waals surface area contributed by atoms with Crippen LogP contribution < -0.4 is 0 Å². The number of nitrogens with zero attached hydrogens (tertiary/aromatic N) is 3. The summed E-state index contributed by atoms with van der Waals surface area (Å²) in [6, 6.07) is 10.3. The number of piperidine rings is 1. The van der Waals surface area contributed by atoms with Crippen LogP contribution in [0.3, 0.4) is 0 Å². The van der Waals surface area contributed by atoms with Gasteiger partial charge in [-0.1, -0.05) is 40.6 Å². The summed E-state index contributed by atoms with van der Waals surface area (Å²) in [5, 5.41) is 17.6. The third kappa shape index (κ3) is 4.25. The number of carbonyl (C=O) groups is 1. The standard InChI is InChI=1S/C19H25N3O3/c1-15-17(21-25-20-15)12-18(24)22-11-5-9-19(13-22,14-23)10-8-16-6-3-2-4-7-16/h2-4,6-7,23H,5,8-14H2,1H3/t19-/m1/s1. The highest BCUT2D eigenvalue weighted by molar-refractivity contribution is 5.78. The first-order chi connectivity index (χ1) is 12.1. The molecule has 1 atom stereocenters. The number of amides is 1. The van der Waals surface area contributed by atoms with E-state index in [2.05, 4.69) is 27.1 Å². The van der Waals surface area contributed by atoms with Gasteiger partial charge >= 0.3 is 0 Å². The number of carbonyl (C=O) groups excluding carboxylic acids is 1. The number of hydrogen-bond donors (Lipinski definition) is 1. The largest absolute Gasteiger partial charge is 0.396 e. The summed E-state index contributed by atoms with van der Waals surface area (Å²) in [6.45, 7) is 3.22. The average Bonchev–Trinajstić information content (AvgIpc) is 3.06. The molecule has 0 saturated carbocycles. The van der Waals surface area contributed by atoms with Gasteiger partial charge in [-0.25, -0.2) is 4.63 Å². The molecule has 134 valence electrons. The molecule has 0 bridgehead atoms. The van der Waals surface area contributed by atoms with E-state index in [1.807, 2.05) is 23.1 Å². The van der Waals surface area contributed by atoms with Crippen LogP contribution in [0.15, 0.2) is 35.0 Å². The van der Waals surface area contributed by atoms with Gasteiger partial charge in [-0.2, -0.15) is 0 Å². The van der Waals surface area contributed by atoms with Crippen molar-refractivity contribution in [3.05, 3.63) is 47.3 Å². The van der Waals surface area contributed by atoms with Gasteiger partial charge in [-0.15, -0.1) is 0 Å². The molecular weight excluding hydrogens is 318 g/mol. The summed E-state index contributed by atoms with van der Waals surface area (Å²) >= 11 is 0. The van der Waals surface area contributed by atoms with Crippen LogP contribution in [0.1, 0.15) is 36.2 Å². The highest BCUT2D eigenvalue weighted by Gasteiger charge is 2.36. The highest BCUT2D eigenvalue weighted by atomic mass is 16.6. The summed E-state index contributed by atoms with van der Waals surface area (Å²) in [7, 11) is 0. The molecule has 1 aliphatic heterocycles. The summed E-state index contributed by atoms with van der Waals surface area (Å²) < 4.78 is 4.67. The van der Waals surface area contributed by atoms with Crippen molar-refractivity contribution < 1.29 is 14.5 Å². The van der Waals surface area contributed by atoms with E-state index in [9.17, 15) is 9.90 Å². The van der Waals surface area contributed by atoms with Gasteiger partial charge in [0, 0.05) is 18.5 Å². The Morgan fingerprint density at radius 3 is 2.80 bits per heavy atom. The van der Waals surface area contributed by atoms with Gasteiger partial charge in [0.15, 0.2) is 0 Å². The van der Waals surface area contributed by atoms with E-state index >= 15 is 0 Å². The maximum Gasteiger partial charge on any atom is 0.228 e. The van der Waals surface area contributed by atoms with Crippen molar-refractivity contribution >= 4 is 5.91 Å². The minimum atomic E-state index is -0.221. The van der Waals surface area contributed by atoms with Gasteiger partial charge in [-0.3, -0.25) is 4.79 Å². The second kappa shape index (κ2) is 7.78. The van der Waals surface area contributed by atoms with E-state index in [0.29, 0.717) is 17.9 Å². The number of likely N-dealkylation sites (tertiary alicyclic amines) is 1. The zero-order valence-corrected chi connectivity index (χ0v) is 14.6. The summed E-state index contributed by atoms with van der Waals surface area (Å²) in [5.74, 6) is 0.0241. The molecule has 1 fully saturated rings. The quantitative estimate of drug-likeness (QED) is 0.869. The van der Waals surface area contributed by atoms with Crippen molar-refractivity contribution in [1.29, 1.82) is 0 Å². The molecule has 1 amide bonds. The smallest absolute Gasteiger partial charge is 0.228 e. The van der Waals surface area contributed by atoms with Gasteiger partial charge in [-0.05, 0) is 38.2 Å². The molecule has 0 spiro atoms. The highest BCUT2D eigenvalue weighted by Crippen LogP contribution is 2.34. The lowest BCUT2D eigenvalue weighted by atomic mass is 9.76. The third-order valence-corrected chi connectivity index (χ3v) is 5.20. The minimum absolute atomic E-state index is 0.0241. The van der Waals surface area contributed by atoms with E-state index < -0.39 is 0 Å². The Morgan fingerprint density at radius 1 is 1.32 bits per heavy atom. The first-order valence-corrected chi connectivity index (χ1v) is 8.82. The number of rotatable bonds is 6. The molecule has 1 saturated heterocycles. The lowest BCUT2D eigenvalue weighted by Gasteiger charge is -2.42. The monoisotopic (exact) mass is 343 g/mol. The topological polar surface area (TPSA) is 79.5 Å². The van der Waals surface area contributed by atoms with Crippen molar-refractivity contribution in [3.63, 3.8) is 0 Å². The first kappa shape index (κ1) is 17.6. The number of aliphatic hydroxyl groups excluding tert-OH is 1. The fourth-order valence-corrected chi connectivity index (χ4v) is 3.55. The zero-order chi connectivity index (χ0) is 17.7. The number of aliphatic hydroxyl groups is 1. The fraction of sp³-hybridized carbons (Fsp3) is 0.526. The third-order valence-electron chi connectivity index (χ3n) is 5.20. The van der Waals surface area contributed by atoms with E-state index in [-0.39, 0.29) is 24.3 Å². The maximum absolute atomic E-state index is 12.6. The van der Waals surface area contributed by atoms with E-state index in [0.717, 1.165) is 32.2 Å². The molecule has 1 aliphatic rings. The molecular formula is C19H25N3O3. The Bertz CT molecular complexity index is 701. The second-order valence-corrected chi connectivity index (χ2v) is 7.04. The molecule has 3 rings (SSSR count). The van der Waals surface area contributed by atoms with Crippen molar-refractivity contribution in [2.75, 3.05) is 19.7 Å². The van der Waals surface area contributed by atoms with Gasteiger partial charge in [0.2, 0.25) is 5.91 Å². The van der Waals surface area contributed by atoms with Crippen molar-refractivity contribution in [3.8, 4) is 0 Å². The van der Waals surface area contributed by atoms with Crippen molar-refractivity contribution in [1.82, 2.24) is 15.2 Å². The molecule has 1 N–H and O–H groups in total. The Hall–Kier alpha value is -2.21. The van der Waals surface area contributed by atoms with Crippen molar-refractivity contribution in [2.24, 2.45) is 5.41 Å². The Balaban J connectivity index is 1.63. The molecule has 1 aromatic heterocycles. The molecule has 1 aromatic carbocycles. The maximum atomic E-state index is 12.6. The Morgan fingerprint density at radius 2 is 2.12 bits per heavy atom. The van der Waals surface area contributed by atoms with Crippen LogP contribution in [0, 0.1) is 12.3 Å². The predicted octanol–water partition coefficient (Wildman–Crippen LogP) is 2.15. The molecule has 0 radical (unpaired) electrons. The lowest BCUT2D eigenvalue weighted by Crippen LogP contribution is -2.48. The van der Waals surface area contributed by atoms with Gasteiger partial charge < -0.3 is 10.0 Å².